The molecule has 1 aromatic carbocycles. The highest BCUT2D eigenvalue weighted by Gasteiger charge is 2.04. The molecule has 12 heavy (non-hydrogen) atoms. The minimum absolute atomic E-state index is 0.422. The van der Waals surface area contributed by atoms with E-state index in [1.807, 2.05) is 12.1 Å². The Morgan fingerprint density at radius 3 is 2.00 bits per heavy atom. The average molecular weight is 223 g/mol. The van der Waals surface area contributed by atoms with Gasteiger partial charge in [-0.1, -0.05) is 41.7 Å². The first-order chi connectivity index (χ1) is 5.65. The molecule has 0 aromatic heterocycles. The standard InChI is InChI=1S/C9H8Cl3/c1-2-3-6-4-7(10)9(12)8(11)5-6/h4-5H,1-3H2. The molecule has 0 unspecified atom stereocenters. The Balaban J connectivity index is 3.04. The van der Waals surface area contributed by atoms with Gasteiger partial charge in [-0.25, -0.2) is 0 Å². The quantitative estimate of drug-likeness (QED) is 0.650. The van der Waals surface area contributed by atoms with Crippen molar-refractivity contribution < 1.29 is 0 Å². The molecule has 0 spiro atoms. The first-order valence-electron chi connectivity index (χ1n) is 3.58. The van der Waals surface area contributed by atoms with Gasteiger partial charge in [0, 0.05) is 0 Å². The first-order valence-corrected chi connectivity index (χ1v) is 4.71. The van der Waals surface area contributed by atoms with Gasteiger partial charge < -0.3 is 0 Å². The van der Waals surface area contributed by atoms with Crippen molar-refractivity contribution in [2.45, 2.75) is 12.8 Å². The molecule has 1 rings (SSSR count). The molecule has 0 saturated heterocycles. The molecule has 0 aliphatic carbocycles. The predicted octanol–water partition coefficient (Wildman–Crippen LogP) is 4.41. The monoisotopic (exact) mass is 221 g/mol. The van der Waals surface area contributed by atoms with E-state index in [4.69, 9.17) is 34.8 Å². The van der Waals surface area contributed by atoms with E-state index in [1.54, 1.807) is 0 Å². The molecular formula is C9H8Cl3. The summed E-state index contributed by atoms with van der Waals surface area (Å²) in [5.74, 6) is 0. The lowest BCUT2D eigenvalue weighted by Gasteiger charge is -2.03. The van der Waals surface area contributed by atoms with Crippen LogP contribution in [-0.2, 0) is 6.42 Å². The summed E-state index contributed by atoms with van der Waals surface area (Å²) in [4.78, 5) is 0. The molecule has 0 bridgehead atoms. The van der Waals surface area contributed by atoms with Crippen molar-refractivity contribution in [1.82, 2.24) is 0 Å². The molecule has 0 saturated carbocycles. The van der Waals surface area contributed by atoms with Crippen LogP contribution in [0.5, 0.6) is 0 Å². The van der Waals surface area contributed by atoms with Crippen LogP contribution in [0.25, 0.3) is 0 Å². The molecule has 3 heteroatoms. The Morgan fingerprint density at radius 1 is 1.08 bits per heavy atom. The van der Waals surface area contributed by atoms with E-state index in [0.29, 0.717) is 15.1 Å². The number of halogens is 3. The molecular weight excluding hydrogens is 214 g/mol. The summed E-state index contributed by atoms with van der Waals surface area (Å²) >= 11 is 17.4. The number of hydrogen-bond acceptors (Lipinski definition) is 0. The van der Waals surface area contributed by atoms with Crippen LogP contribution in [-0.4, -0.2) is 0 Å². The van der Waals surface area contributed by atoms with Crippen LogP contribution >= 0.6 is 34.8 Å². The van der Waals surface area contributed by atoms with Gasteiger partial charge in [-0.3, -0.25) is 0 Å². The van der Waals surface area contributed by atoms with Crippen molar-refractivity contribution in [3.05, 3.63) is 39.7 Å². The van der Waals surface area contributed by atoms with Crippen LogP contribution in [0, 0.1) is 6.92 Å². The Morgan fingerprint density at radius 2 is 1.58 bits per heavy atom. The number of benzene rings is 1. The summed E-state index contributed by atoms with van der Waals surface area (Å²) in [6.07, 6.45) is 1.70. The molecule has 0 aliphatic rings. The lowest BCUT2D eigenvalue weighted by molar-refractivity contribution is 1.000. The van der Waals surface area contributed by atoms with Crippen LogP contribution in [0.4, 0.5) is 0 Å². The van der Waals surface area contributed by atoms with Crippen LogP contribution in [0.2, 0.25) is 15.1 Å². The third-order valence-corrected chi connectivity index (χ3v) is 2.71. The van der Waals surface area contributed by atoms with Crippen molar-refractivity contribution in [2.75, 3.05) is 0 Å². The summed E-state index contributed by atoms with van der Waals surface area (Å²) in [6.45, 7) is 3.74. The van der Waals surface area contributed by atoms with Gasteiger partial charge in [0.05, 0.1) is 15.1 Å². The highest BCUT2D eigenvalue weighted by Crippen LogP contribution is 2.31. The lowest BCUT2D eigenvalue weighted by Crippen LogP contribution is -1.84. The van der Waals surface area contributed by atoms with Gasteiger partial charge in [-0.15, -0.1) is 0 Å². The highest BCUT2D eigenvalue weighted by molar-refractivity contribution is 6.48. The third kappa shape index (κ3) is 2.29. The third-order valence-electron chi connectivity index (χ3n) is 1.51. The minimum Gasteiger partial charge on any atom is -0.0826 e. The van der Waals surface area contributed by atoms with Gasteiger partial charge >= 0.3 is 0 Å². The lowest BCUT2D eigenvalue weighted by atomic mass is 10.1. The van der Waals surface area contributed by atoms with E-state index in [-0.39, 0.29) is 0 Å². The van der Waals surface area contributed by atoms with Crippen molar-refractivity contribution >= 4 is 34.8 Å². The zero-order chi connectivity index (χ0) is 9.14. The second-order valence-electron chi connectivity index (χ2n) is 2.48. The molecule has 65 valence electrons. The summed E-state index contributed by atoms with van der Waals surface area (Å²) in [5, 5.41) is 1.44. The average Bonchev–Trinajstić information content (AvgIpc) is 2.01. The van der Waals surface area contributed by atoms with Crippen LogP contribution < -0.4 is 0 Å². The van der Waals surface area contributed by atoms with Crippen molar-refractivity contribution in [3.8, 4) is 0 Å². The van der Waals surface area contributed by atoms with Crippen molar-refractivity contribution in [2.24, 2.45) is 0 Å². The second-order valence-corrected chi connectivity index (χ2v) is 3.67. The largest absolute Gasteiger partial charge is 0.0826 e. The Labute approximate surface area is 87.4 Å². The minimum atomic E-state index is 0.422. The first kappa shape index (κ1) is 10.2. The van der Waals surface area contributed by atoms with E-state index in [9.17, 15) is 0 Å². The smallest absolute Gasteiger partial charge is 0.0778 e. The van der Waals surface area contributed by atoms with Gasteiger partial charge in [-0.05, 0) is 30.5 Å². The molecule has 0 aliphatic heterocycles. The molecule has 0 atom stereocenters. The van der Waals surface area contributed by atoms with Crippen LogP contribution in [0.3, 0.4) is 0 Å². The second kappa shape index (κ2) is 4.36. The Hall–Kier alpha value is 0.0900. The zero-order valence-electron chi connectivity index (χ0n) is 6.41. The number of hydrogen-bond donors (Lipinski definition) is 0. The van der Waals surface area contributed by atoms with E-state index in [2.05, 4.69) is 6.92 Å². The Bertz CT molecular complexity index is 258. The van der Waals surface area contributed by atoms with Crippen LogP contribution in [0.1, 0.15) is 12.0 Å². The van der Waals surface area contributed by atoms with Gasteiger partial charge in [0.25, 0.3) is 0 Å². The molecule has 1 radical (unpaired) electrons. The Kier molecular flexibility index (Phi) is 3.70. The van der Waals surface area contributed by atoms with E-state index in [1.165, 1.54) is 0 Å². The molecule has 0 nitrogen and oxygen atoms in total. The van der Waals surface area contributed by atoms with E-state index in [0.717, 1.165) is 18.4 Å². The summed E-state index contributed by atoms with van der Waals surface area (Å²) in [7, 11) is 0. The molecule has 0 heterocycles. The summed E-state index contributed by atoms with van der Waals surface area (Å²) in [5.41, 5.74) is 1.07. The van der Waals surface area contributed by atoms with Crippen molar-refractivity contribution in [1.29, 1.82) is 0 Å². The fourth-order valence-electron chi connectivity index (χ4n) is 0.956. The zero-order valence-corrected chi connectivity index (χ0v) is 8.68. The maximum Gasteiger partial charge on any atom is 0.0778 e. The normalized spacial score (nSPS) is 10.3. The molecule has 0 amide bonds. The van der Waals surface area contributed by atoms with Gasteiger partial charge in [0.15, 0.2) is 0 Å². The maximum absolute atomic E-state index is 5.82. The molecule has 0 N–H and O–H groups in total. The van der Waals surface area contributed by atoms with E-state index >= 15 is 0 Å². The van der Waals surface area contributed by atoms with Gasteiger partial charge in [0.1, 0.15) is 0 Å². The van der Waals surface area contributed by atoms with Gasteiger partial charge in [-0.2, -0.15) is 0 Å². The fourth-order valence-corrected chi connectivity index (χ4v) is 1.60. The van der Waals surface area contributed by atoms with E-state index < -0.39 is 0 Å². The SMILES string of the molecule is [CH2]CCc1cc(Cl)c(Cl)c(Cl)c1. The van der Waals surface area contributed by atoms with Crippen LogP contribution in [0.15, 0.2) is 12.1 Å². The van der Waals surface area contributed by atoms with Gasteiger partial charge in [0.2, 0.25) is 0 Å². The molecule has 1 aromatic rings. The number of aryl methyl sites for hydroxylation is 1. The summed E-state index contributed by atoms with van der Waals surface area (Å²) in [6, 6.07) is 3.64. The van der Waals surface area contributed by atoms with Crippen molar-refractivity contribution in [3.63, 3.8) is 0 Å². The maximum atomic E-state index is 5.82. The number of rotatable bonds is 2. The highest BCUT2D eigenvalue weighted by atomic mass is 35.5. The predicted molar refractivity (Wildman–Crippen MR) is 55.2 cm³/mol. The fraction of sp³-hybridized carbons (Fsp3) is 0.222. The summed E-state index contributed by atoms with van der Waals surface area (Å²) < 4.78 is 0. The molecule has 0 fully saturated rings. The topological polar surface area (TPSA) is 0 Å².